The van der Waals surface area contributed by atoms with Gasteiger partial charge in [-0.05, 0) is 30.2 Å². The average molecular weight is 422 g/mol. The lowest BCUT2D eigenvalue weighted by atomic mass is 10.1. The molecule has 28 heavy (non-hydrogen) atoms. The fourth-order valence-corrected chi connectivity index (χ4v) is 3.26. The van der Waals surface area contributed by atoms with Crippen molar-refractivity contribution in [2.45, 2.75) is 20.0 Å². The van der Waals surface area contributed by atoms with E-state index < -0.39 is 11.6 Å². The van der Waals surface area contributed by atoms with E-state index >= 15 is 0 Å². The molecule has 0 fully saturated rings. The lowest BCUT2D eigenvalue weighted by Gasteiger charge is -2.12. The maximum atomic E-state index is 12.5. The number of fused-ring (bicyclic) bond motifs is 1. The second kappa shape index (κ2) is 8.12. The van der Waals surface area contributed by atoms with Gasteiger partial charge in [0.2, 0.25) is 0 Å². The fraction of sp³-hybridized carbons (Fsp3) is 0.200. The highest BCUT2D eigenvalue weighted by Gasteiger charge is 2.18. The SMILES string of the molecule is CCc1cc2oc(=O)cc(COC(=O)c3cc(Cl)c(N)cc3OC)c2cc1Cl. The van der Waals surface area contributed by atoms with Gasteiger partial charge in [0.05, 0.1) is 17.8 Å². The molecule has 1 heterocycles. The fourth-order valence-electron chi connectivity index (χ4n) is 2.80. The molecule has 2 N–H and O–H groups in total. The molecule has 3 aromatic rings. The summed E-state index contributed by atoms with van der Waals surface area (Å²) in [6.45, 7) is 1.79. The summed E-state index contributed by atoms with van der Waals surface area (Å²) in [5.41, 5.74) is 7.30. The van der Waals surface area contributed by atoms with Crippen molar-refractivity contribution >= 4 is 45.8 Å². The Balaban J connectivity index is 1.94. The van der Waals surface area contributed by atoms with Crippen LogP contribution in [0.25, 0.3) is 11.0 Å². The summed E-state index contributed by atoms with van der Waals surface area (Å²) < 4.78 is 15.8. The third kappa shape index (κ3) is 3.93. The number of methoxy groups -OCH3 is 1. The first-order valence-corrected chi connectivity index (χ1v) is 9.15. The van der Waals surface area contributed by atoms with Gasteiger partial charge in [-0.2, -0.15) is 0 Å². The number of ether oxygens (including phenoxy) is 2. The van der Waals surface area contributed by atoms with E-state index in [0.29, 0.717) is 28.0 Å². The molecule has 2 aromatic carbocycles. The zero-order chi connectivity index (χ0) is 20.4. The number of benzene rings is 2. The van der Waals surface area contributed by atoms with Crippen LogP contribution in [0.2, 0.25) is 10.0 Å². The van der Waals surface area contributed by atoms with E-state index in [9.17, 15) is 9.59 Å². The monoisotopic (exact) mass is 421 g/mol. The van der Waals surface area contributed by atoms with Crippen LogP contribution in [0.1, 0.15) is 28.4 Å². The third-order valence-electron chi connectivity index (χ3n) is 4.28. The minimum atomic E-state index is -0.670. The standard InChI is InChI=1S/C20H17Cl2NO5/c1-3-10-4-18-12(6-14(10)21)11(5-19(24)28-18)9-27-20(25)13-7-15(22)16(23)8-17(13)26-2/h4-8H,3,9,23H2,1-2H3. The second-order valence-corrected chi connectivity index (χ2v) is 6.85. The van der Waals surface area contributed by atoms with Crippen LogP contribution in [0.4, 0.5) is 5.69 Å². The predicted molar refractivity (Wildman–Crippen MR) is 108 cm³/mol. The summed E-state index contributed by atoms with van der Waals surface area (Å²) in [7, 11) is 1.41. The Bertz CT molecular complexity index is 1120. The zero-order valence-corrected chi connectivity index (χ0v) is 16.7. The van der Waals surface area contributed by atoms with Crippen LogP contribution in [0.5, 0.6) is 5.75 Å². The Morgan fingerprint density at radius 2 is 1.86 bits per heavy atom. The first kappa shape index (κ1) is 20.0. The highest BCUT2D eigenvalue weighted by atomic mass is 35.5. The number of rotatable bonds is 5. The Hall–Kier alpha value is -2.70. The van der Waals surface area contributed by atoms with Gasteiger partial charge in [-0.25, -0.2) is 9.59 Å². The number of halogens is 2. The molecule has 0 spiro atoms. The van der Waals surface area contributed by atoms with Gasteiger partial charge in [-0.3, -0.25) is 0 Å². The maximum Gasteiger partial charge on any atom is 0.342 e. The van der Waals surface area contributed by atoms with Gasteiger partial charge < -0.3 is 19.6 Å². The van der Waals surface area contributed by atoms with E-state index in [2.05, 4.69) is 0 Å². The molecule has 0 saturated heterocycles. The van der Waals surface area contributed by atoms with Crippen LogP contribution >= 0.6 is 23.2 Å². The molecular formula is C20H17Cl2NO5. The van der Waals surface area contributed by atoms with Crippen LogP contribution in [0.15, 0.2) is 39.5 Å². The molecule has 0 bridgehead atoms. The molecule has 0 radical (unpaired) electrons. The molecule has 3 rings (SSSR count). The van der Waals surface area contributed by atoms with E-state index in [-0.39, 0.29) is 28.6 Å². The third-order valence-corrected chi connectivity index (χ3v) is 4.95. The number of carbonyl (C=O) groups is 1. The Morgan fingerprint density at radius 3 is 2.54 bits per heavy atom. The number of anilines is 1. The number of hydrogen-bond acceptors (Lipinski definition) is 6. The summed E-state index contributed by atoms with van der Waals surface area (Å²) in [6, 6.07) is 7.50. The normalized spacial score (nSPS) is 10.9. The van der Waals surface area contributed by atoms with Crippen molar-refractivity contribution in [3.05, 3.63) is 67.5 Å². The number of nitrogens with two attached hydrogens (primary N) is 1. The average Bonchev–Trinajstić information content (AvgIpc) is 2.67. The highest BCUT2D eigenvalue weighted by molar-refractivity contribution is 6.33. The minimum absolute atomic E-state index is 0.125. The first-order valence-electron chi connectivity index (χ1n) is 8.39. The lowest BCUT2D eigenvalue weighted by Crippen LogP contribution is -2.10. The molecule has 146 valence electrons. The number of aryl methyl sites for hydroxylation is 1. The summed E-state index contributed by atoms with van der Waals surface area (Å²) in [5.74, 6) is -0.434. The molecule has 0 aliphatic carbocycles. The molecule has 0 aliphatic rings. The molecule has 0 amide bonds. The number of hydrogen-bond donors (Lipinski definition) is 1. The van der Waals surface area contributed by atoms with E-state index in [0.717, 1.165) is 5.56 Å². The van der Waals surface area contributed by atoms with Crippen LogP contribution in [-0.2, 0) is 17.8 Å². The molecular weight excluding hydrogens is 405 g/mol. The van der Waals surface area contributed by atoms with Gasteiger partial charge in [-0.15, -0.1) is 0 Å². The largest absolute Gasteiger partial charge is 0.496 e. The Labute approximate surface area is 170 Å². The van der Waals surface area contributed by atoms with Gasteiger partial charge in [0.15, 0.2) is 0 Å². The van der Waals surface area contributed by atoms with Crippen molar-refractivity contribution in [2.75, 3.05) is 12.8 Å². The Morgan fingerprint density at radius 1 is 1.11 bits per heavy atom. The van der Waals surface area contributed by atoms with Gasteiger partial charge in [0, 0.05) is 28.1 Å². The lowest BCUT2D eigenvalue weighted by molar-refractivity contribution is 0.0470. The maximum absolute atomic E-state index is 12.5. The van der Waals surface area contributed by atoms with Crippen LogP contribution in [0, 0.1) is 0 Å². The topological polar surface area (TPSA) is 91.8 Å². The van der Waals surface area contributed by atoms with E-state index in [1.807, 2.05) is 6.92 Å². The number of esters is 1. The molecule has 0 saturated carbocycles. The van der Waals surface area contributed by atoms with Crippen molar-refractivity contribution in [3.8, 4) is 5.75 Å². The van der Waals surface area contributed by atoms with Gasteiger partial charge in [-0.1, -0.05) is 30.1 Å². The molecule has 0 unspecified atom stereocenters. The predicted octanol–water partition coefficient (Wildman–Crippen LogP) is 4.61. The second-order valence-electron chi connectivity index (χ2n) is 6.03. The van der Waals surface area contributed by atoms with Crippen molar-refractivity contribution < 1.29 is 18.7 Å². The smallest absolute Gasteiger partial charge is 0.342 e. The van der Waals surface area contributed by atoms with Crippen molar-refractivity contribution in [2.24, 2.45) is 0 Å². The molecule has 8 heteroatoms. The zero-order valence-electron chi connectivity index (χ0n) is 15.2. The van der Waals surface area contributed by atoms with Crippen LogP contribution in [-0.4, -0.2) is 13.1 Å². The number of nitrogen functional groups attached to an aromatic ring is 1. The van der Waals surface area contributed by atoms with Crippen molar-refractivity contribution in [1.29, 1.82) is 0 Å². The minimum Gasteiger partial charge on any atom is -0.496 e. The van der Waals surface area contributed by atoms with Gasteiger partial charge >= 0.3 is 11.6 Å². The summed E-state index contributed by atoms with van der Waals surface area (Å²) in [6.07, 6.45) is 0.690. The van der Waals surface area contributed by atoms with Gasteiger partial charge in [0.25, 0.3) is 0 Å². The summed E-state index contributed by atoms with van der Waals surface area (Å²) in [4.78, 5) is 24.4. The van der Waals surface area contributed by atoms with Gasteiger partial charge in [0.1, 0.15) is 23.5 Å². The Kier molecular flexibility index (Phi) is 5.82. The van der Waals surface area contributed by atoms with Crippen LogP contribution in [0.3, 0.4) is 0 Å². The van der Waals surface area contributed by atoms with Crippen molar-refractivity contribution in [3.63, 3.8) is 0 Å². The molecule has 0 aliphatic heterocycles. The number of carbonyl (C=O) groups excluding carboxylic acids is 1. The first-order chi connectivity index (χ1) is 13.3. The van der Waals surface area contributed by atoms with E-state index in [4.69, 9.17) is 42.8 Å². The van der Waals surface area contributed by atoms with E-state index in [1.165, 1.54) is 25.3 Å². The van der Waals surface area contributed by atoms with Crippen LogP contribution < -0.4 is 16.1 Å². The molecule has 1 aromatic heterocycles. The van der Waals surface area contributed by atoms with Crippen molar-refractivity contribution in [1.82, 2.24) is 0 Å². The summed E-state index contributed by atoms with van der Waals surface area (Å²) in [5, 5.41) is 1.35. The van der Waals surface area contributed by atoms with E-state index in [1.54, 1.807) is 12.1 Å². The highest BCUT2D eigenvalue weighted by Crippen LogP contribution is 2.30. The summed E-state index contributed by atoms with van der Waals surface area (Å²) >= 11 is 12.3. The quantitative estimate of drug-likeness (QED) is 0.367. The molecule has 0 atom stereocenters. The molecule has 6 nitrogen and oxygen atoms in total.